The monoisotopic (exact) mass is 312 g/mol. The average Bonchev–Trinajstić information content (AvgIpc) is 3.26. The third-order valence-corrected chi connectivity index (χ3v) is 4.20. The predicted molar refractivity (Wildman–Crippen MR) is 81.3 cm³/mol. The number of carbonyl (C=O) groups excluding carboxylic acids is 1. The second-order valence-corrected chi connectivity index (χ2v) is 5.74. The van der Waals surface area contributed by atoms with Crippen LogP contribution in [0.2, 0.25) is 0 Å². The van der Waals surface area contributed by atoms with Crippen molar-refractivity contribution in [1.29, 1.82) is 0 Å². The van der Waals surface area contributed by atoms with Crippen LogP contribution < -0.4 is 5.73 Å². The molecule has 3 N–H and O–H groups in total. The third kappa shape index (κ3) is 2.57. The van der Waals surface area contributed by atoms with Gasteiger partial charge in [-0.2, -0.15) is 10.1 Å². The topological polar surface area (TPSA) is 114 Å². The standard InChI is InChI=1S/C15H16N6O2/c16-13(22)14-18-15(23-20-14)12-2-1-5-21(12)8-9-3-4-10-7-17-19-11(10)6-9/h3-4,6-7,12H,1-2,5,8H2,(H2,16,22)(H,17,19). The molecule has 3 aromatic rings. The molecule has 2 aromatic heterocycles. The van der Waals surface area contributed by atoms with E-state index in [0.29, 0.717) is 5.89 Å². The number of nitrogens with zero attached hydrogens (tertiary/aromatic N) is 4. The molecule has 1 fully saturated rings. The summed E-state index contributed by atoms with van der Waals surface area (Å²) < 4.78 is 5.22. The van der Waals surface area contributed by atoms with E-state index in [1.54, 1.807) is 0 Å². The Morgan fingerprint density at radius 3 is 3.22 bits per heavy atom. The minimum Gasteiger partial charge on any atom is -0.363 e. The number of rotatable bonds is 4. The summed E-state index contributed by atoms with van der Waals surface area (Å²) in [6.45, 7) is 1.72. The van der Waals surface area contributed by atoms with Crippen LogP contribution in [0.15, 0.2) is 28.9 Å². The van der Waals surface area contributed by atoms with Crippen LogP contribution in [0, 0.1) is 0 Å². The lowest BCUT2D eigenvalue weighted by Crippen LogP contribution is -2.23. The summed E-state index contributed by atoms with van der Waals surface area (Å²) in [4.78, 5) is 17.5. The van der Waals surface area contributed by atoms with Gasteiger partial charge in [0.15, 0.2) is 0 Å². The molecule has 4 rings (SSSR count). The molecule has 3 heterocycles. The zero-order valence-corrected chi connectivity index (χ0v) is 12.4. The van der Waals surface area contributed by atoms with Crippen LogP contribution in [-0.2, 0) is 6.54 Å². The molecule has 1 aliphatic heterocycles. The summed E-state index contributed by atoms with van der Waals surface area (Å²) in [5.41, 5.74) is 7.38. The fourth-order valence-electron chi connectivity index (χ4n) is 3.08. The molecule has 1 atom stereocenters. The highest BCUT2D eigenvalue weighted by molar-refractivity contribution is 5.88. The van der Waals surface area contributed by atoms with Gasteiger partial charge in [0, 0.05) is 11.9 Å². The van der Waals surface area contributed by atoms with Crippen molar-refractivity contribution in [3.63, 3.8) is 0 Å². The Balaban J connectivity index is 1.55. The molecule has 1 unspecified atom stereocenters. The maximum Gasteiger partial charge on any atom is 0.290 e. The molecule has 1 aliphatic rings. The van der Waals surface area contributed by atoms with Crippen LogP contribution in [0.4, 0.5) is 0 Å². The van der Waals surface area contributed by atoms with Crippen molar-refractivity contribution in [3.8, 4) is 0 Å². The molecule has 0 bridgehead atoms. The molecular weight excluding hydrogens is 296 g/mol. The first-order chi connectivity index (χ1) is 11.2. The number of carbonyl (C=O) groups is 1. The number of primary amides is 1. The molecule has 1 aromatic carbocycles. The second-order valence-electron chi connectivity index (χ2n) is 5.74. The third-order valence-electron chi connectivity index (χ3n) is 4.20. The molecule has 23 heavy (non-hydrogen) atoms. The Bertz CT molecular complexity index is 854. The molecule has 0 aliphatic carbocycles. The van der Waals surface area contributed by atoms with Gasteiger partial charge < -0.3 is 10.3 Å². The smallest absolute Gasteiger partial charge is 0.290 e. The van der Waals surface area contributed by atoms with Crippen molar-refractivity contribution in [2.24, 2.45) is 5.73 Å². The van der Waals surface area contributed by atoms with Crippen molar-refractivity contribution < 1.29 is 9.32 Å². The highest BCUT2D eigenvalue weighted by Crippen LogP contribution is 2.32. The van der Waals surface area contributed by atoms with Gasteiger partial charge in [-0.05, 0) is 31.0 Å². The molecule has 1 saturated heterocycles. The molecule has 8 heteroatoms. The largest absolute Gasteiger partial charge is 0.363 e. The van der Waals surface area contributed by atoms with Gasteiger partial charge in [0.1, 0.15) is 0 Å². The van der Waals surface area contributed by atoms with Gasteiger partial charge in [0.2, 0.25) is 5.89 Å². The molecule has 0 saturated carbocycles. The number of hydrogen-bond donors (Lipinski definition) is 2. The molecule has 1 amide bonds. The number of amides is 1. The van der Waals surface area contributed by atoms with Crippen molar-refractivity contribution in [2.75, 3.05) is 6.54 Å². The average molecular weight is 312 g/mol. The van der Waals surface area contributed by atoms with Crippen LogP contribution in [0.1, 0.15) is 41.0 Å². The van der Waals surface area contributed by atoms with Crippen LogP contribution in [0.3, 0.4) is 0 Å². The van der Waals surface area contributed by atoms with Crippen molar-refractivity contribution in [1.82, 2.24) is 25.2 Å². The van der Waals surface area contributed by atoms with E-state index in [-0.39, 0.29) is 11.9 Å². The number of fused-ring (bicyclic) bond motifs is 1. The summed E-state index contributed by atoms with van der Waals surface area (Å²) in [7, 11) is 0. The maximum atomic E-state index is 11.1. The zero-order chi connectivity index (χ0) is 15.8. The first-order valence-corrected chi connectivity index (χ1v) is 7.50. The van der Waals surface area contributed by atoms with E-state index in [0.717, 1.165) is 36.8 Å². The van der Waals surface area contributed by atoms with Gasteiger partial charge >= 0.3 is 0 Å². The van der Waals surface area contributed by atoms with Gasteiger partial charge in [0.25, 0.3) is 11.7 Å². The summed E-state index contributed by atoms with van der Waals surface area (Å²) in [5.74, 6) is -0.279. The van der Waals surface area contributed by atoms with E-state index in [9.17, 15) is 4.79 Å². The van der Waals surface area contributed by atoms with Crippen molar-refractivity contribution in [2.45, 2.75) is 25.4 Å². The minimum absolute atomic E-state index is 0.0214. The van der Waals surface area contributed by atoms with E-state index in [1.165, 1.54) is 5.56 Å². The Morgan fingerprint density at radius 2 is 2.39 bits per heavy atom. The van der Waals surface area contributed by atoms with Crippen LogP contribution in [0.5, 0.6) is 0 Å². The molecule has 118 valence electrons. The summed E-state index contributed by atoms with van der Waals surface area (Å²) in [6.07, 6.45) is 3.78. The first kappa shape index (κ1) is 13.9. The van der Waals surface area contributed by atoms with Crippen molar-refractivity contribution >= 4 is 16.8 Å². The molecule has 0 spiro atoms. The Hall–Kier alpha value is -2.74. The number of H-pyrrole nitrogens is 1. The maximum absolute atomic E-state index is 11.1. The molecule has 8 nitrogen and oxygen atoms in total. The Morgan fingerprint density at radius 1 is 1.48 bits per heavy atom. The zero-order valence-electron chi connectivity index (χ0n) is 12.4. The van der Waals surface area contributed by atoms with Gasteiger partial charge in [-0.1, -0.05) is 17.3 Å². The van der Waals surface area contributed by atoms with E-state index >= 15 is 0 Å². The lowest BCUT2D eigenvalue weighted by atomic mass is 10.1. The normalized spacial score (nSPS) is 18.7. The van der Waals surface area contributed by atoms with Gasteiger partial charge in [-0.25, -0.2) is 0 Å². The second kappa shape index (κ2) is 5.47. The van der Waals surface area contributed by atoms with Crippen LogP contribution in [0.25, 0.3) is 10.9 Å². The number of aromatic nitrogens is 4. The minimum atomic E-state index is -0.672. The molecular formula is C15H16N6O2. The van der Waals surface area contributed by atoms with Crippen LogP contribution >= 0.6 is 0 Å². The number of benzene rings is 1. The molecule has 0 radical (unpaired) electrons. The SMILES string of the molecule is NC(=O)c1noc(C2CCCN2Cc2ccc3cn[nH]c3c2)n1. The van der Waals surface area contributed by atoms with Gasteiger partial charge in [0.05, 0.1) is 17.8 Å². The highest BCUT2D eigenvalue weighted by atomic mass is 16.5. The van der Waals surface area contributed by atoms with Crippen LogP contribution in [-0.4, -0.2) is 37.7 Å². The lowest BCUT2D eigenvalue weighted by molar-refractivity contribution is 0.0987. The van der Waals surface area contributed by atoms with E-state index in [4.69, 9.17) is 10.3 Å². The lowest BCUT2D eigenvalue weighted by Gasteiger charge is -2.21. The van der Waals surface area contributed by atoms with E-state index in [2.05, 4.69) is 43.4 Å². The Kier molecular flexibility index (Phi) is 3.30. The fraction of sp³-hybridized carbons (Fsp3) is 0.333. The fourth-order valence-corrected chi connectivity index (χ4v) is 3.08. The van der Waals surface area contributed by atoms with E-state index in [1.807, 2.05) is 6.20 Å². The number of nitrogens with one attached hydrogen (secondary N) is 1. The highest BCUT2D eigenvalue weighted by Gasteiger charge is 2.31. The number of likely N-dealkylation sites (tertiary alicyclic amines) is 1. The first-order valence-electron chi connectivity index (χ1n) is 7.50. The Labute approximate surface area is 131 Å². The van der Waals surface area contributed by atoms with Gasteiger partial charge in [-0.15, -0.1) is 0 Å². The van der Waals surface area contributed by atoms with E-state index < -0.39 is 5.91 Å². The number of aromatic amines is 1. The van der Waals surface area contributed by atoms with Gasteiger partial charge in [-0.3, -0.25) is 14.8 Å². The predicted octanol–water partition coefficient (Wildman–Crippen LogP) is 1.38. The number of nitrogens with two attached hydrogens (primary N) is 1. The number of hydrogen-bond acceptors (Lipinski definition) is 6. The quantitative estimate of drug-likeness (QED) is 0.752. The summed E-state index contributed by atoms with van der Waals surface area (Å²) in [6, 6.07) is 6.26. The summed E-state index contributed by atoms with van der Waals surface area (Å²) in [5, 5.41) is 11.8. The van der Waals surface area contributed by atoms with Crippen molar-refractivity contribution in [3.05, 3.63) is 41.7 Å². The summed E-state index contributed by atoms with van der Waals surface area (Å²) >= 11 is 0.